The van der Waals surface area contributed by atoms with Crippen LogP contribution in [0.2, 0.25) is 0 Å². The molecule has 1 saturated heterocycles. The molecule has 0 spiro atoms. The van der Waals surface area contributed by atoms with Gasteiger partial charge in [0.15, 0.2) is 0 Å². The quantitative estimate of drug-likeness (QED) is 0.603. The Morgan fingerprint density at radius 3 is 2.54 bits per heavy atom. The Bertz CT molecular complexity index is 816. The van der Waals surface area contributed by atoms with Crippen molar-refractivity contribution in [2.45, 2.75) is 52.4 Å². The lowest BCUT2D eigenvalue weighted by molar-refractivity contribution is 0.0174. The Morgan fingerprint density at radius 2 is 1.89 bits per heavy atom. The Hall–Kier alpha value is -1.88. The fraction of sp³-hybridized carbons (Fsp3) is 0.478. The topological polar surface area (TPSA) is 16.1 Å². The third kappa shape index (κ3) is 5.57. The fourth-order valence-electron chi connectivity index (χ4n) is 3.97. The van der Waals surface area contributed by atoms with Gasteiger partial charge in [0.2, 0.25) is 0 Å². The number of piperidine rings is 1. The van der Waals surface area contributed by atoms with Gasteiger partial charge in [-0.05, 0) is 68.4 Å². The van der Waals surface area contributed by atoms with E-state index in [1.165, 1.54) is 11.6 Å². The molecule has 28 heavy (non-hydrogen) atoms. The standard InChI is InChI=1S/C23H28F2N2S/c1-16-11-17(2)26-21(12-16)15-22(28)27-9-7-18(8-10-27)13-19-5-4-6-20(14-19)23(3,24)25/h4-6,11-12,14,18H,7-10,13,15H2,1-3H3. The van der Waals surface area contributed by atoms with Crippen molar-refractivity contribution >= 4 is 17.2 Å². The largest absolute Gasteiger partial charge is 0.366 e. The Kier molecular flexibility index (Phi) is 6.43. The SMILES string of the molecule is Cc1cc(C)nc(CC(=S)N2CCC(Cc3cccc(C(C)(F)F)c3)CC2)c1. The highest BCUT2D eigenvalue weighted by Gasteiger charge is 2.25. The Labute approximate surface area is 172 Å². The first-order valence-electron chi connectivity index (χ1n) is 9.90. The van der Waals surface area contributed by atoms with E-state index in [-0.39, 0.29) is 5.56 Å². The van der Waals surface area contributed by atoms with E-state index in [0.717, 1.165) is 61.2 Å². The predicted octanol–water partition coefficient (Wildman–Crippen LogP) is 5.63. The van der Waals surface area contributed by atoms with Gasteiger partial charge in [0, 0.05) is 43.4 Å². The average Bonchev–Trinajstić information content (AvgIpc) is 2.61. The molecule has 2 nitrogen and oxygen atoms in total. The number of aryl methyl sites for hydroxylation is 2. The maximum Gasteiger partial charge on any atom is 0.270 e. The number of alkyl halides is 2. The number of aromatic nitrogens is 1. The van der Waals surface area contributed by atoms with Crippen LogP contribution < -0.4 is 0 Å². The number of thiocarbonyl (C=S) groups is 1. The highest BCUT2D eigenvalue weighted by molar-refractivity contribution is 7.80. The molecule has 2 aromatic rings. The minimum absolute atomic E-state index is 0.101. The number of pyridine rings is 1. The normalized spacial score (nSPS) is 15.7. The first-order chi connectivity index (χ1) is 13.2. The predicted molar refractivity (Wildman–Crippen MR) is 114 cm³/mol. The zero-order valence-corrected chi connectivity index (χ0v) is 17.7. The molecule has 0 aliphatic carbocycles. The molecule has 3 rings (SSSR count). The fourth-order valence-corrected chi connectivity index (χ4v) is 4.30. The van der Waals surface area contributed by atoms with Crippen molar-refractivity contribution in [3.05, 3.63) is 64.5 Å². The summed E-state index contributed by atoms with van der Waals surface area (Å²) in [5.74, 6) is -2.27. The number of nitrogens with zero attached hydrogens (tertiary/aromatic N) is 2. The number of benzene rings is 1. The minimum Gasteiger partial charge on any atom is -0.366 e. The van der Waals surface area contributed by atoms with Crippen LogP contribution in [0.3, 0.4) is 0 Å². The summed E-state index contributed by atoms with van der Waals surface area (Å²) in [5.41, 5.74) is 4.37. The highest BCUT2D eigenvalue weighted by atomic mass is 32.1. The maximum atomic E-state index is 13.6. The monoisotopic (exact) mass is 402 g/mol. The molecule has 1 aliphatic heterocycles. The van der Waals surface area contributed by atoms with Crippen molar-refractivity contribution in [3.8, 4) is 0 Å². The molecule has 1 aromatic heterocycles. The van der Waals surface area contributed by atoms with Gasteiger partial charge >= 0.3 is 0 Å². The highest BCUT2D eigenvalue weighted by Crippen LogP contribution is 2.29. The number of likely N-dealkylation sites (tertiary alicyclic amines) is 1. The van der Waals surface area contributed by atoms with Crippen LogP contribution in [0.15, 0.2) is 36.4 Å². The molecule has 1 aliphatic rings. The first-order valence-corrected chi connectivity index (χ1v) is 10.3. The molecule has 0 N–H and O–H groups in total. The van der Waals surface area contributed by atoms with Gasteiger partial charge in [-0.2, -0.15) is 0 Å². The van der Waals surface area contributed by atoms with Crippen molar-refractivity contribution in [1.82, 2.24) is 9.88 Å². The van der Waals surface area contributed by atoms with E-state index in [1.807, 2.05) is 13.0 Å². The number of rotatable bonds is 5. The van der Waals surface area contributed by atoms with Gasteiger partial charge in [0.1, 0.15) is 0 Å². The second-order valence-corrected chi connectivity index (χ2v) is 8.54. The van der Waals surface area contributed by atoms with Crippen LogP contribution in [0.1, 0.15) is 47.8 Å². The summed E-state index contributed by atoms with van der Waals surface area (Å²) in [6.45, 7) is 6.90. The van der Waals surface area contributed by atoms with Crippen LogP contribution in [0.25, 0.3) is 0 Å². The zero-order valence-electron chi connectivity index (χ0n) is 16.8. The lowest BCUT2D eigenvalue weighted by Crippen LogP contribution is -2.39. The second-order valence-electron chi connectivity index (χ2n) is 8.07. The molecule has 0 atom stereocenters. The molecule has 0 saturated carbocycles. The maximum absolute atomic E-state index is 13.6. The van der Waals surface area contributed by atoms with Crippen LogP contribution in [-0.4, -0.2) is 28.0 Å². The molecule has 2 heterocycles. The lowest BCUT2D eigenvalue weighted by atomic mass is 9.89. The van der Waals surface area contributed by atoms with E-state index in [0.29, 0.717) is 12.3 Å². The van der Waals surface area contributed by atoms with Crippen LogP contribution >= 0.6 is 12.2 Å². The van der Waals surface area contributed by atoms with Crippen LogP contribution in [0.4, 0.5) is 8.78 Å². The molecular formula is C23H28F2N2S. The van der Waals surface area contributed by atoms with E-state index < -0.39 is 5.92 Å². The first kappa shape index (κ1) is 20.8. The third-order valence-corrected chi connectivity index (χ3v) is 5.81. The van der Waals surface area contributed by atoms with E-state index in [1.54, 1.807) is 12.1 Å². The summed E-state index contributed by atoms with van der Waals surface area (Å²) in [5, 5.41) is 0. The van der Waals surface area contributed by atoms with Crippen molar-refractivity contribution in [2.75, 3.05) is 13.1 Å². The van der Waals surface area contributed by atoms with Gasteiger partial charge in [-0.15, -0.1) is 0 Å². The molecular weight excluding hydrogens is 374 g/mol. The molecule has 0 radical (unpaired) electrons. The summed E-state index contributed by atoms with van der Waals surface area (Å²) in [4.78, 5) is 7.82. The zero-order chi connectivity index (χ0) is 20.3. The van der Waals surface area contributed by atoms with Crippen molar-refractivity contribution in [2.24, 2.45) is 5.92 Å². The summed E-state index contributed by atoms with van der Waals surface area (Å²) < 4.78 is 27.1. The Morgan fingerprint density at radius 1 is 1.18 bits per heavy atom. The minimum atomic E-state index is -2.78. The van der Waals surface area contributed by atoms with Gasteiger partial charge in [-0.25, -0.2) is 8.78 Å². The van der Waals surface area contributed by atoms with Crippen molar-refractivity contribution in [1.29, 1.82) is 0 Å². The third-order valence-electron chi connectivity index (χ3n) is 5.41. The molecule has 1 fully saturated rings. The average molecular weight is 403 g/mol. The molecule has 150 valence electrons. The van der Waals surface area contributed by atoms with Gasteiger partial charge in [0.05, 0.1) is 4.99 Å². The van der Waals surface area contributed by atoms with Crippen LogP contribution in [0.5, 0.6) is 0 Å². The number of hydrogen-bond acceptors (Lipinski definition) is 2. The van der Waals surface area contributed by atoms with Crippen molar-refractivity contribution in [3.63, 3.8) is 0 Å². The second kappa shape index (κ2) is 8.64. The van der Waals surface area contributed by atoms with Gasteiger partial charge in [-0.3, -0.25) is 4.98 Å². The Balaban J connectivity index is 1.53. The van der Waals surface area contributed by atoms with E-state index in [9.17, 15) is 8.78 Å². The van der Waals surface area contributed by atoms with Gasteiger partial charge in [-0.1, -0.05) is 30.4 Å². The van der Waals surface area contributed by atoms with Crippen molar-refractivity contribution < 1.29 is 8.78 Å². The number of hydrogen-bond donors (Lipinski definition) is 0. The van der Waals surface area contributed by atoms with Crippen LogP contribution in [0, 0.1) is 19.8 Å². The molecule has 1 aromatic carbocycles. The molecule has 5 heteroatoms. The van der Waals surface area contributed by atoms with E-state index in [2.05, 4.69) is 28.9 Å². The van der Waals surface area contributed by atoms with E-state index >= 15 is 0 Å². The van der Waals surface area contributed by atoms with Crippen LogP contribution in [-0.2, 0) is 18.8 Å². The summed E-state index contributed by atoms with van der Waals surface area (Å²) >= 11 is 5.67. The summed E-state index contributed by atoms with van der Waals surface area (Å²) in [6, 6.07) is 11.0. The van der Waals surface area contributed by atoms with E-state index in [4.69, 9.17) is 12.2 Å². The molecule has 0 unspecified atom stereocenters. The van der Waals surface area contributed by atoms with Gasteiger partial charge in [0.25, 0.3) is 5.92 Å². The lowest BCUT2D eigenvalue weighted by Gasteiger charge is -2.34. The molecule has 0 bridgehead atoms. The molecule has 0 amide bonds. The van der Waals surface area contributed by atoms with Gasteiger partial charge < -0.3 is 4.90 Å². The smallest absolute Gasteiger partial charge is 0.270 e. The summed E-state index contributed by atoms with van der Waals surface area (Å²) in [7, 11) is 0. The summed E-state index contributed by atoms with van der Waals surface area (Å²) in [6.07, 6.45) is 3.62. The number of halogens is 2.